The van der Waals surface area contributed by atoms with Crippen molar-refractivity contribution < 1.29 is 61.9 Å². The second-order valence-corrected chi connectivity index (χ2v) is 18.5. The van der Waals surface area contributed by atoms with Crippen molar-refractivity contribution in [3.63, 3.8) is 0 Å². The first kappa shape index (κ1) is 52.3. The van der Waals surface area contributed by atoms with Gasteiger partial charge in [-0.25, -0.2) is 19.4 Å². The number of hydrogen-bond donors (Lipinski definition) is 0. The average molecular weight is 1030 g/mol. The molecule has 0 N–H and O–H groups in total. The molecule has 384 valence electrons. The summed E-state index contributed by atoms with van der Waals surface area (Å²) in [6.07, 6.45) is -8.34. The van der Waals surface area contributed by atoms with Crippen LogP contribution in [0.1, 0.15) is 47.8 Å². The Morgan fingerprint density at radius 1 is 0.480 bits per heavy atom. The lowest BCUT2D eigenvalue weighted by Gasteiger charge is -2.44. The molecule has 9 rings (SSSR count). The molecule has 9 atom stereocenters. The van der Waals surface area contributed by atoms with Crippen LogP contribution in [0.2, 0.25) is 0 Å². The number of esters is 3. The van der Waals surface area contributed by atoms with Crippen LogP contribution in [0.5, 0.6) is 0 Å². The molecule has 6 aromatic carbocycles. The number of hydrogen-bond acceptors (Lipinski definition) is 16. The van der Waals surface area contributed by atoms with Crippen LogP contribution in [0.3, 0.4) is 0 Å². The summed E-state index contributed by atoms with van der Waals surface area (Å²) >= 11 is 0.942. The number of rotatable bonds is 22. The van der Waals surface area contributed by atoms with Gasteiger partial charge in [0.05, 0.1) is 59.7 Å². The Labute approximate surface area is 436 Å². The van der Waals surface area contributed by atoms with Crippen LogP contribution in [0.4, 0.5) is 5.69 Å². The maximum Gasteiger partial charge on any atom is 0.338 e. The molecule has 2 aliphatic heterocycles. The maximum atomic E-state index is 14.3. The fraction of sp³-hybridized carbons (Fsp3) is 0.241. The average Bonchev–Trinajstić information content (AvgIpc) is 3.79. The highest BCUT2D eigenvalue weighted by molar-refractivity contribution is 7.99. The van der Waals surface area contributed by atoms with Crippen LogP contribution in [0.25, 0.3) is 0 Å². The Kier molecular flexibility index (Phi) is 18.2. The Morgan fingerprint density at radius 2 is 0.920 bits per heavy atom. The topological polar surface area (TPSA) is 190 Å². The summed E-state index contributed by atoms with van der Waals surface area (Å²) in [4.78, 5) is 58.0. The molecular formula is C58H52N2O14S. The summed E-state index contributed by atoms with van der Waals surface area (Å²) in [5.74, 6) is -2.45. The highest BCUT2D eigenvalue weighted by atomic mass is 32.2. The van der Waals surface area contributed by atoms with Crippen LogP contribution < -0.4 is 0 Å². The number of carbonyl (C=O) groups is 3. The molecule has 0 radical (unpaired) electrons. The number of ether oxygens (including phenoxy) is 9. The van der Waals surface area contributed by atoms with Gasteiger partial charge in [0.1, 0.15) is 30.6 Å². The van der Waals surface area contributed by atoms with Crippen LogP contribution in [-0.2, 0) is 62.5 Å². The summed E-state index contributed by atoms with van der Waals surface area (Å²) in [5.41, 5.74) is 1.69. The van der Waals surface area contributed by atoms with Crippen molar-refractivity contribution in [1.82, 2.24) is 4.98 Å². The number of pyridine rings is 1. The molecule has 16 nitrogen and oxygen atoms in total. The molecule has 75 heavy (non-hydrogen) atoms. The summed E-state index contributed by atoms with van der Waals surface area (Å²) < 4.78 is 58.9. The van der Waals surface area contributed by atoms with Gasteiger partial charge in [-0.15, -0.1) is 0 Å². The van der Waals surface area contributed by atoms with E-state index in [-0.39, 0.29) is 47.2 Å². The first-order valence-corrected chi connectivity index (χ1v) is 25.0. The molecule has 2 saturated heterocycles. The van der Waals surface area contributed by atoms with Crippen molar-refractivity contribution >= 4 is 35.4 Å². The standard InChI is InChI=1S/C58H52N2O14S/c61-54(42-25-13-4-14-26-42)72-50-47(38-69-57-52(68-36-41-23-11-3-12-24-41)49(67-35-40-21-9-2-10-22-40)46(70-57)37-66-34-39-19-7-1-8-20-39)71-58(75-48-32-31-45(33-59-48)60(64)65)53(74-56(63)44-29-17-6-18-30-44)51(50)73-55(62)43-27-15-5-16-28-43/h1-33,46-47,49-53,57-58H,34-38H2/t46-,47+,49-,50+,51-,52+,53+,57+,58-/m0/s1. The van der Waals surface area contributed by atoms with Crippen LogP contribution in [0.15, 0.2) is 205 Å². The van der Waals surface area contributed by atoms with Gasteiger partial charge in [0.25, 0.3) is 5.69 Å². The van der Waals surface area contributed by atoms with E-state index in [0.29, 0.717) is 6.61 Å². The third kappa shape index (κ3) is 14.2. The fourth-order valence-corrected chi connectivity index (χ4v) is 9.44. The van der Waals surface area contributed by atoms with Gasteiger partial charge in [-0.1, -0.05) is 157 Å². The first-order chi connectivity index (χ1) is 36.8. The zero-order valence-electron chi connectivity index (χ0n) is 40.3. The van der Waals surface area contributed by atoms with E-state index in [1.807, 2.05) is 91.0 Å². The van der Waals surface area contributed by atoms with E-state index in [0.717, 1.165) is 34.6 Å². The molecule has 0 saturated carbocycles. The summed E-state index contributed by atoms with van der Waals surface area (Å²) in [6.45, 7) is 0.345. The van der Waals surface area contributed by atoms with E-state index in [1.54, 1.807) is 91.0 Å². The smallest absolute Gasteiger partial charge is 0.338 e. The molecular weight excluding hydrogens is 981 g/mol. The SMILES string of the molecule is O=C(O[C@@H]1[C@@H](OC(=O)c2ccccc2)[C@H](Sc2ccc([N+](=O)[O-])cn2)O[C@H](CO[C@@H]2O[C@@H](COCc3ccccc3)[C@H](OCc3ccccc3)[C@H]2OCc2ccccc2)[C@H]1OC(=O)c1ccccc1)c1ccccc1. The van der Waals surface area contributed by atoms with E-state index >= 15 is 0 Å². The Balaban J connectivity index is 1.08. The largest absolute Gasteiger partial charge is 0.452 e. The highest BCUT2D eigenvalue weighted by Crippen LogP contribution is 2.39. The lowest BCUT2D eigenvalue weighted by Crippen LogP contribution is -2.62. The van der Waals surface area contributed by atoms with E-state index in [1.165, 1.54) is 12.1 Å². The highest BCUT2D eigenvalue weighted by Gasteiger charge is 2.54. The number of carbonyl (C=O) groups excluding carboxylic acids is 3. The van der Waals surface area contributed by atoms with Gasteiger partial charge < -0.3 is 42.6 Å². The van der Waals surface area contributed by atoms with E-state index in [4.69, 9.17) is 42.6 Å². The summed E-state index contributed by atoms with van der Waals surface area (Å²) in [5, 5.41) is 11.9. The molecule has 2 fully saturated rings. The number of nitrogens with zero attached hydrogens (tertiary/aromatic N) is 2. The van der Waals surface area contributed by atoms with E-state index in [2.05, 4.69) is 4.98 Å². The van der Waals surface area contributed by atoms with Gasteiger partial charge in [0, 0.05) is 6.07 Å². The fourth-order valence-electron chi connectivity index (χ4n) is 8.40. The molecule has 0 unspecified atom stereocenters. The molecule has 1 aromatic heterocycles. The Hall–Kier alpha value is -7.61. The summed E-state index contributed by atoms with van der Waals surface area (Å²) in [6, 6.07) is 56.1. The van der Waals surface area contributed by atoms with Crippen molar-refractivity contribution in [2.45, 2.75) is 79.3 Å². The van der Waals surface area contributed by atoms with Crippen LogP contribution in [0, 0.1) is 10.1 Å². The van der Waals surface area contributed by atoms with Gasteiger partial charge in [0.2, 0.25) is 0 Å². The number of benzene rings is 6. The lowest BCUT2D eigenvalue weighted by molar-refractivity contribution is -0.385. The molecule has 17 heteroatoms. The normalized spacial score (nSPS) is 22.2. The number of nitro groups is 1. The minimum Gasteiger partial charge on any atom is -0.452 e. The number of thioether (sulfide) groups is 1. The predicted molar refractivity (Wildman–Crippen MR) is 273 cm³/mol. The van der Waals surface area contributed by atoms with Crippen LogP contribution in [-0.4, -0.2) is 95.5 Å². The second kappa shape index (κ2) is 26.0. The van der Waals surface area contributed by atoms with Crippen molar-refractivity contribution in [2.75, 3.05) is 13.2 Å². The van der Waals surface area contributed by atoms with Crippen molar-refractivity contribution in [3.8, 4) is 0 Å². The molecule has 0 amide bonds. The second-order valence-electron chi connectivity index (χ2n) is 17.4. The predicted octanol–water partition coefficient (Wildman–Crippen LogP) is 9.61. The molecule has 2 aliphatic rings. The van der Waals surface area contributed by atoms with E-state index < -0.39 is 83.9 Å². The molecule has 0 bridgehead atoms. The third-order valence-electron chi connectivity index (χ3n) is 12.2. The van der Waals surface area contributed by atoms with Gasteiger partial charge >= 0.3 is 17.9 Å². The van der Waals surface area contributed by atoms with Gasteiger partial charge in [-0.05, 0) is 59.2 Å². The lowest BCUT2D eigenvalue weighted by atomic mass is 9.98. The van der Waals surface area contributed by atoms with Gasteiger partial charge in [0.15, 0.2) is 30.0 Å². The van der Waals surface area contributed by atoms with Crippen LogP contribution >= 0.6 is 11.8 Å². The molecule has 7 aromatic rings. The number of aromatic nitrogens is 1. The van der Waals surface area contributed by atoms with Crippen molar-refractivity contribution in [1.29, 1.82) is 0 Å². The molecule has 0 spiro atoms. The third-order valence-corrected chi connectivity index (χ3v) is 13.3. The maximum absolute atomic E-state index is 14.3. The molecule has 3 heterocycles. The van der Waals surface area contributed by atoms with Gasteiger partial charge in [-0.3, -0.25) is 10.1 Å². The zero-order valence-corrected chi connectivity index (χ0v) is 41.1. The van der Waals surface area contributed by atoms with E-state index in [9.17, 15) is 24.5 Å². The minimum atomic E-state index is -1.58. The Morgan fingerprint density at radius 3 is 1.40 bits per heavy atom. The monoisotopic (exact) mass is 1030 g/mol. The van der Waals surface area contributed by atoms with Gasteiger partial charge in [-0.2, -0.15) is 0 Å². The molecule has 0 aliphatic carbocycles. The zero-order chi connectivity index (χ0) is 51.8. The first-order valence-electron chi connectivity index (χ1n) is 24.2. The summed E-state index contributed by atoms with van der Waals surface area (Å²) in [7, 11) is 0. The quantitative estimate of drug-likeness (QED) is 0.0270. The van der Waals surface area contributed by atoms with Crippen molar-refractivity contribution in [2.24, 2.45) is 0 Å². The Bertz CT molecular complexity index is 2910. The van der Waals surface area contributed by atoms with Crippen molar-refractivity contribution in [3.05, 3.63) is 244 Å². The minimum absolute atomic E-state index is 0.0869.